The lowest BCUT2D eigenvalue weighted by atomic mass is 10.1. The van der Waals surface area contributed by atoms with Gasteiger partial charge in [-0.15, -0.1) is 11.3 Å². The first-order valence-corrected chi connectivity index (χ1v) is 9.24. The van der Waals surface area contributed by atoms with Crippen molar-refractivity contribution in [3.05, 3.63) is 52.9 Å². The fraction of sp³-hybridized carbons (Fsp3) is 0.200. The molecular weight excluding hydrogens is 366 g/mol. The van der Waals surface area contributed by atoms with Crippen molar-refractivity contribution in [1.82, 2.24) is 0 Å². The topological polar surface area (TPSA) is 73.9 Å². The number of fused-ring (bicyclic) bond motifs is 2. The quantitative estimate of drug-likeness (QED) is 0.686. The zero-order valence-corrected chi connectivity index (χ0v) is 15.6. The summed E-state index contributed by atoms with van der Waals surface area (Å²) in [6, 6.07) is 12.9. The van der Waals surface area contributed by atoms with Crippen LogP contribution in [0.1, 0.15) is 22.2 Å². The first kappa shape index (κ1) is 17.4. The minimum absolute atomic E-state index is 0.162. The van der Waals surface area contributed by atoms with E-state index in [1.165, 1.54) is 11.3 Å². The third kappa shape index (κ3) is 3.33. The third-order valence-electron chi connectivity index (χ3n) is 4.32. The molecule has 6 nitrogen and oxygen atoms in total. The Morgan fingerprint density at radius 2 is 1.93 bits per heavy atom. The summed E-state index contributed by atoms with van der Waals surface area (Å²) in [6.07, 6.45) is -0.937. The van der Waals surface area contributed by atoms with Crippen molar-refractivity contribution >= 4 is 39.0 Å². The molecule has 1 aromatic heterocycles. The van der Waals surface area contributed by atoms with Crippen LogP contribution in [-0.4, -0.2) is 24.8 Å². The molecule has 1 atom stereocenters. The van der Waals surface area contributed by atoms with Gasteiger partial charge in [0.25, 0.3) is 5.91 Å². The van der Waals surface area contributed by atoms with Gasteiger partial charge >= 0.3 is 5.97 Å². The number of anilines is 1. The number of carbonyl (C=O) groups excluding carboxylic acids is 2. The van der Waals surface area contributed by atoms with Crippen LogP contribution in [0, 0.1) is 6.92 Å². The highest BCUT2D eigenvalue weighted by Crippen LogP contribution is 2.34. The molecule has 0 saturated heterocycles. The minimum Gasteiger partial charge on any atom is -0.454 e. The summed E-state index contributed by atoms with van der Waals surface area (Å²) in [6.45, 7) is 3.59. The largest absolute Gasteiger partial charge is 0.454 e. The molecule has 138 valence electrons. The Morgan fingerprint density at radius 1 is 1.15 bits per heavy atom. The van der Waals surface area contributed by atoms with Gasteiger partial charge in [-0.2, -0.15) is 0 Å². The molecule has 1 aliphatic heterocycles. The second kappa shape index (κ2) is 6.92. The number of aryl methyl sites for hydroxylation is 1. The Bertz CT molecular complexity index is 1040. The monoisotopic (exact) mass is 383 g/mol. The summed E-state index contributed by atoms with van der Waals surface area (Å²) in [5.41, 5.74) is 1.41. The zero-order valence-electron chi connectivity index (χ0n) is 14.8. The first-order valence-electron chi connectivity index (χ1n) is 8.42. The van der Waals surface area contributed by atoms with E-state index in [0.29, 0.717) is 22.1 Å². The van der Waals surface area contributed by atoms with Crippen molar-refractivity contribution < 1.29 is 23.8 Å². The van der Waals surface area contributed by atoms with E-state index in [1.54, 1.807) is 25.1 Å². The highest BCUT2D eigenvalue weighted by atomic mass is 32.1. The van der Waals surface area contributed by atoms with Crippen LogP contribution in [0.3, 0.4) is 0 Å². The molecule has 0 fully saturated rings. The molecule has 0 unspecified atom stereocenters. The number of hydrogen-bond donors (Lipinski definition) is 1. The van der Waals surface area contributed by atoms with Gasteiger partial charge in [0, 0.05) is 16.5 Å². The normalized spacial score (nSPS) is 13.4. The number of ether oxygens (including phenoxy) is 3. The fourth-order valence-corrected chi connectivity index (χ4v) is 3.95. The Kier molecular flexibility index (Phi) is 4.45. The van der Waals surface area contributed by atoms with Gasteiger partial charge in [-0.3, -0.25) is 4.79 Å². The number of amides is 1. The van der Waals surface area contributed by atoms with Gasteiger partial charge in [0.05, 0.1) is 0 Å². The Labute approximate surface area is 159 Å². The van der Waals surface area contributed by atoms with Gasteiger partial charge in [0.2, 0.25) is 6.79 Å². The minimum atomic E-state index is -0.937. The highest BCUT2D eigenvalue weighted by molar-refractivity contribution is 7.21. The molecule has 7 heteroatoms. The molecule has 0 saturated carbocycles. The molecule has 1 amide bonds. The molecular formula is C20H17NO5S. The van der Waals surface area contributed by atoms with Gasteiger partial charge in [0.15, 0.2) is 17.6 Å². The van der Waals surface area contributed by atoms with Crippen LogP contribution in [-0.2, 0) is 9.53 Å². The molecule has 2 heterocycles. The van der Waals surface area contributed by atoms with Crippen LogP contribution in [0.25, 0.3) is 10.1 Å². The van der Waals surface area contributed by atoms with E-state index in [2.05, 4.69) is 5.32 Å². The molecule has 2 aromatic carbocycles. The summed E-state index contributed by atoms with van der Waals surface area (Å²) >= 11 is 1.37. The molecule has 0 radical (unpaired) electrons. The summed E-state index contributed by atoms with van der Waals surface area (Å²) in [4.78, 5) is 25.4. The lowest BCUT2D eigenvalue weighted by Gasteiger charge is -2.13. The standard InChI is InChI=1S/C20H17NO5S/c1-11-14-5-3-4-6-17(14)27-18(11)20(23)26-12(2)19(22)21-13-7-8-15-16(9-13)25-10-24-15/h3-9,12H,10H2,1-2H3,(H,21,22)/t12-/m0/s1. The van der Waals surface area contributed by atoms with Crippen molar-refractivity contribution in [3.63, 3.8) is 0 Å². The molecule has 0 bridgehead atoms. The maximum atomic E-state index is 12.5. The lowest BCUT2D eigenvalue weighted by molar-refractivity contribution is -0.123. The zero-order chi connectivity index (χ0) is 19.0. The number of benzene rings is 2. The van der Waals surface area contributed by atoms with Gasteiger partial charge in [-0.1, -0.05) is 18.2 Å². The second-order valence-corrected chi connectivity index (χ2v) is 7.21. The van der Waals surface area contributed by atoms with Crippen molar-refractivity contribution in [2.75, 3.05) is 12.1 Å². The van der Waals surface area contributed by atoms with Crippen molar-refractivity contribution in [1.29, 1.82) is 0 Å². The predicted octanol–water partition coefficient (Wildman–Crippen LogP) is 4.12. The maximum Gasteiger partial charge on any atom is 0.349 e. The van der Waals surface area contributed by atoms with Gasteiger partial charge in [-0.25, -0.2) is 4.79 Å². The fourth-order valence-electron chi connectivity index (χ4n) is 2.85. The Balaban J connectivity index is 1.44. The van der Waals surface area contributed by atoms with Crippen molar-refractivity contribution in [2.24, 2.45) is 0 Å². The number of carbonyl (C=O) groups is 2. The van der Waals surface area contributed by atoms with E-state index in [0.717, 1.165) is 15.6 Å². The lowest BCUT2D eigenvalue weighted by Crippen LogP contribution is -2.29. The molecule has 1 aliphatic rings. The van der Waals surface area contributed by atoms with Gasteiger partial charge in [0.1, 0.15) is 4.88 Å². The second-order valence-electron chi connectivity index (χ2n) is 6.16. The van der Waals surface area contributed by atoms with E-state index in [4.69, 9.17) is 14.2 Å². The number of rotatable bonds is 4. The predicted molar refractivity (Wildman–Crippen MR) is 103 cm³/mol. The summed E-state index contributed by atoms with van der Waals surface area (Å²) in [7, 11) is 0. The van der Waals surface area contributed by atoms with Crippen LogP contribution >= 0.6 is 11.3 Å². The average Bonchev–Trinajstić information content (AvgIpc) is 3.26. The SMILES string of the molecule is Cc1c(C(=O)O[C@@H](C)C(=O)Nc2ccc3c(c2)OCO3)sc2ccccc12. The third-order valence-corrected chi connectivity index (χ3v) is 5.58. The number of thiophene rings is 1. The van der Waals surface area contributed by atoms with E-state index in [1.807, 2.05) is 31.2 Å². The summed E-state index contributed by atoms with van der Waals surface area (Å²) in [5, 5.41) is 3.74. The molecule has 3 aromatic rings. The maximum absolute atomic E-state index is 12.5. The molecule has 4 rings (SSSR count). The van der Waals surface area contributed by atoms with E-state index in [9.17, 15) is 9.59 Å². The van der Waals surface area contributed by atoms with Crippen LogP contribution < -0.4 is 14.8 Å². The summed E-state index contributed by atoms with van der Waals surface area (Å²) in [5.74, 6) is 0.286. The van der Waals surface area contributed by atoms with Gasteiger partial charge in [-0.05, 0) is 43.0 Å². The van der Waals surface area contributed by atoms with Crippen LogP contribution in [0.4, 0.5) is 5.69 Å². The van der Waals surface area contributed by atoms with Crippen LogP contribution in [0.2, 0.25) is 0 Å². The van der Waals surface area contributed by atoms with Crippen LogP contribution in [0.15, 0.2) is 42.5 Å². The van der Waals surface area contributed by atoms with Crippen molar-refractivity contribution in [3.8, 4) is 11.5 Å². The Morgan fingerprint density at radius 3 is 2.74 bits per heavy atom. The Hall–Kier alpha value is -3.06. The number of nitrogens with one attached hydrogen (secondary N) is 1. The molecule has 0 aliphatic carbocycles. The molecule has 0 spiro atoms. The number of hydrogen-bond acceptors (Lipinski definition) is 6. The van der Waals surface area contributed by atoms with E-state index >= 15 is 0 Å². The average molecular weight is 383 g/mol. The number of esters is 1. The van der Waals surface area contributed by atoms with E-state index < -0.39 is 18.0 Å². The first-order chi connectivity index (χ1) is 13.0. The highest BCUT2D eigenvalue weighted by Gasteiger charge is 2.23. The van der Waals surface area contributed by atoms with Crippen molar-refractivity contribution in [2.45, 2.75) is 20.0 Å². The summed E-state index contributed by atoms with van der Waals surface area (Å²) < 4.78 is 16.9. The molecule has 27 heavy (non-hydrogen) atoms. The molecule has 1 N–H and O–H groups in total. The smallest absolute Gasteiger partial charge is 0.349 e. The van der Waals surface area contributed by atoms with Gasteiger partial charge < -0.3 is 19.5 Å². The van der Waals surface area contributed by atoms with E-state index in [-0.39, 0.29) is 6.79 Å². The van der Waals surface area contributed by atoms with Crippen LogP contribution in [0.5, 0.6) is 11.5 Å².